The Morgan fingerprint density at radius 3 is 2.80 bits per heavy atom. The Kier molecular flexibility index (Phi) is 2.97. The van der Waals surface area contributed by atoms with E-state index in [4.69, 9.17) is 4.74 Å². The molecule has 3 atom stereocenters. The lowest BCUT2D eigenvalue weighted by Crippen LogP contribution is -2.41. The third kappa shape index (κ3) is 2.06. The van der Waals surface area contributed by atoms with Crippen LogP contribution in [0.3, 0.4) is 0 Å². The van der Waals surface area contributed by atoms with E-state index < -0.39 is 12.1 Å². The van der Waals surface area contributed by atoms with Gasteiger partial charge in [-0.15, -0.1) is 0 Å². The van der Waals surface area contributed by atoms with E-state index in [0.29, 0.717) is 0 Å². The summed E-state index contributed by atoms with van der Waals surface area (Å²) in [5.41, 5.74) is 0.823. The van der Waals surface area contributed by atoms with E-state index in [1.165, 1.54) is 0 Å². The molecule has 1 saturated heterocycles. The molecule has 3 aliphatic rings. The Morgan fingerprint density at radius 2 is 2.25 bits per heavy atom. The molecule has 1 aliphatic heterocycles. The summed E-state index contributed by atoms with van der Waals surface area (Å²) in [5, 5.41) is 0. The van der Waals surface area contributed by atoms with Gasteiger partial charge in [-0.1, -0.05) is 18.2 Å². The van der Waals surface area contributed by atoms with Gasteiger partial charge in [0.15, 0.2) is 0 Å². The Hall–Kier alpha value is -1.30. The van der Waals surface area contributed by atoms with E-state index in [0.717, 1.165) is 23.3 Å². The molecule has 6 heteroatoms. The zero-order chi connectivity index (χ0) is 14.5. The van der Waals surface area contributed by atoms with E-state index in [1.807, 2.05) is 18.2 Å². The lowest BCUT2D eigenvalue weighted by molar-refractivity contribution is -0.185. The molecule has 3 rings (SSSR count). The molecule has 0 aromatic rings. The summed E-state index contributed by atoms with van der Waals surface area (Å²) in [6, 6.07) is 0. The number of likely N-dealkylation sites (tertiary alicyclic amines) is 1. The van der Waals surface area contributed by atoms with Crippen molar-refractivity contribution in [1.82, 2.24) is 4.90 Å². The predicted molar refractivity (Wildman–Crippen MR) is 65.8 cm³/mol. The van der Waals surface area contributed by atoms with Gasteiger partial charge in [-0.05, 0) is 24.3 Å². The Labute approximate surface area is 115 Å². The predicted octanol–water partition coefficient (Wildman–Crippen LogP) is 2.30. The molecule has 3 unspecified atom stereocenters. The summed E-state index contributed by atoms with van der Waals surface area (Å²) >= 11 is 0. The number of carbonyl (C=O) groups is 1. The summed E-state index contributed by atoms with van der Waals surface area (Å²) in [5.74, 6) is -1.54. The molecule has 0 radical (unpaired) electrons. The van der Waals surface area contributed by atoms with E-state index in [-0.39, 0.29) is 30.5 Å². The zero-order valence-electron chi connectivity index (χ0n) is 11.1. The van der Waals surface area contributed by atoms with Crippen LogP contribution in [0.15, 0.2) is 23.8 Å². The quantitative estimate of drug-likeness (QED) is 0.780. The number of hydrogen-bond donors (Lipinski definition) is 0. The zero-order valence-corrected chi connectivity index (χ0v) is 11.1. The number of carbonyl (C=O) groups excluding carboxylic acids is 1. The van der Waals surface area contributed by atoms with Crippen LogP contribution in [0.1, 0.15) is 12.8 Å². The fraction of sp³-hybridized carbons (Fsp3) is 0.643. The number of halogens is 3. The number of fused-ring (bicyclic) bond motifs is 1. The van der Waals surface area contributed by atoms with Gasteiger partial charge >= 0.3 is 12.1 Å². The lowest BCUT2D eigenvalue weighted by Gasteiger charge is -2.24. The van der Waals surface area contributed by atoms with E-state index in [2.05, 4.69) is 0 Å². The van der Waals surface area contributed by atoms with Crippen LogP contribution < -0.4 is 0 Å². The highest BCUT2D eigenvalue weighted by Crippen LogP contribution is 2.63. The Balaban J connectivity index is 1.71. The van der Waals surface area contributed by atoms with Crippen LogP contribution in [-0.2, 0) is 9.53 Å². The van der Waals surface area contributed by atoms with Gasteiger partial charge in [-0.25, -0.2) is 0 Å². The second-order valence-corrected chi connectivity index (χ2v) is 5.77. The monoisotopic (exact) mass is 287 g/mol. The number of rotatable bonds is 2. The molecule has 1 saturated carbocycles. The molecule has 0 aromatic heterocycles. The SMILES string of the molecule is COC1C=CC(C23CC2CN(C(=O)C(F)(F)F)C3)=CC1. The molecular formula is C14H16F3NO2. The molecule has 0 bridgehead atoms. The van der Waals surface area contributed by atoms with Crippen molar-refractivity contribution in [3.8, 4) is 0 Å². The summed E-state index contributed by atoms with van der Waals surface area (Å²) < 4.78 is 42.6. The average molecular weight is 287 g/mol. The number of nitrogens with zero attached hydrogens (tertiary/aromatic N) is 1. The van der Waals surface area contributed by atoms with Crippen molar-refractivity contribution in [3.05, 3.63) is 23.8 Å². The molecule has 0 aromatic carbocycles. The third-order valence-electron chi connectivity index (χ3n) is 4.61. The van der Waals surface area contributed by atoms with Gasteiger partial charge in [-0.3, -0.25) is 4.79 Å². The number of hydrogen-bond acceptors (Lipinski definition) is 2. The smallest absolute Gasteiger partial charge is 0.377 e. The van der Waals surface area contributed by atoms with Gasteiger partial charge in [-0.2, -0.15) is 13.2 Å². The molecule has 20 heavy (non-hydrogen) atoms. The minimum atomic E-state index is -4.77. The first kappa shape index (κ1) is 13.7. The van der Waals surface area contributed by atoms with Gasteiger partial charge < -0.3 is 9.64 Å². The Morgan fingerprint density at radius 1 is 1.50 bits per heavy atom. The van der Waals surface area contributed by atoms with Crippen molar-refractivity contribution in [1.29, 1.82) is 0 Å². The number of amides is 1. The fourth-order valence-corrected chi connectivity index (χ4v) is 3.41. The van der Waals surface area contributed by atoms with Crippen LogP contribution in [0.25, 0.3) is 0 Å². The number of piperidine rings is 1. The van der Waals surface area contributed by atoms with Gasteiger partial charge in [0.1, 0.15) is 0 Å². The van der Waals surface area contributed by atoms with Gasteiger partial charge in [0, 0.05) is 25.6 Å². The first-order chi connectivity index (χ1) is 9.37. The van der Waals surface area contributed by atoms with Crippen LogP contribution >= 0.6 is 0 Å². The van der Waals surface area contributed by atoms with Crippen molar-refractivity contribution < 1.29 is 22.7 Å². The maximum atomic E-state index is 12.5. The first-order valence-electron chi connectivity index (χ1n) is 6.64. The van der Waals surface area contributed by atoms with Gasteiger partial charge in [0.05, 0.1) is 6.10 Å². The average Bonchev–Trinajstić information content (AvgIpc) is 2.99. The second-order valence-electron chi connectivity index (χ2n) is 5.77. The molecule has 2 fully saturated rings. The van der Waals surface area contributed by atoms with Gasteiger partial charge in [0.2, 0.25) is 0 Å². The van der Waals surface area contributed by atoms with Crippen molar-refractivity contribution in [2.75, 3.05) is 20.2 Å². The lowest BCUT2D eigenvalue weighted by atomic mass is 9.89. The molecule has 2 aliphatic carbocycles. The minimum Gasteiger partial charge on any atom is -0.377 e. The van der Waals surface area contributed by atoms with E-state index in [1.54, 1.807) is 7.11 Å². The van der Waals surface area contributed by atoms with Crippen molar-refractivity contribution in [3.63, 3.8) is 0 Å². The summed E-state index contributed by atoms with van der Waals surface area (Å²) in [7, 11) is 1.63. The molecular weight excluding hydrogens is 271 g/mol. The molecule has 1 amide bonds. The van der Waals surface area contributed by atoms with Crippen LogP contribution in [-0.4, -0.2) is 43.3 Å². The summed E-state index contributed by atoms with van der Waals surface area (Å²) in [6.07, 6.45) is 2.81. The van der Waals surface area contributed by atoms with Crippen LogP contribution in [0.2, 0.25) is 0 Å². The molecule has 110 valence electrons. The fourth-order valence-electron chi connectivity index (χ4n) is 3.41. The highest BCUT2D eigenvalue weighted by Gasteiger charge is 2.64. The van der Waals surface area contributed by atoms with Crippen LogP contribution in [0.4, 0.5) is 13.2 Å². The first-order valence-corrected chi connectivity index (χ1v) is 6.64. The Bertz CT molecular complexity index is 497. The number of alkyl halides is 3. The highest BCUT2D eigenvalue weighted by atomic mass is 19.4. The second kappa shape index (κ2) is 4.35. The van der Waals surface area contributed by atoms with E-state index >= 15 is 0 Å². The van der Waals surface area contributed by atoms with Crippen LogP contribution in [0, 0.1) is 11.3 Å². The normalized spacial score (nSPS) is 35.8. The standard InChI is InChI=1S/C14H16F3NO2/c1-20-11-4-2-9(3-5-11)13-6-10(13)7-18(8-13)12(19)14(15,16)17/h2-4,10-11H,5-8H2,1H3. The number of ether oxygens (including phenoxy) is 1. The summed E-state index contributed by atoms with van der Waals surface area (Å²) in [4.78, 5) is 12.2. The largest absolute Gasteiger partial charge is 0.471 e. The summed E-state index contributed by atoms with van der Waals surface area (Å²) in [6.45, 7) is 0.404. The maximum Gasteiger partial charge on any atom is 0.471 e. The molecule has 1 heterocycles. The highest BCUT2D eigenvalue weighted by molar-refractivity contribution is 5.82. The van der Waals surface area contributed by atoms with Gasteiger partial charge in [0.25, 0.3) is 0 Å². The maximum absolute atomic E-state index is 12.5. The van der Waals surface area contributed by atoms with Crippen molar-refractivity contribution >= 4 is 5.91 Å². The van der Waals surface area contributed by atoms with E-state index in [9.17, 15) is 18.0 Å². The topological polar surface area (TPSA) is 29.5 Å². The number of allylic oxidation sites excluding steroid dienone is 1. The van der Waals surface area contributed by atoms with Crippen molar-refractivity contribution in [2.45, 2.75) is 25.1 Å². The molecule has 0 spiro atoms. The number of methoxy groups -OCH3 is 1. The molecule has 3 nitrogen and oxygen atoms in total. The minimum absolute atomic E-state index is 0.0432. The van der Waals surface area contributed by atoms with Crippen LogP contribution in [0.5, 0.6) is 0 Å². The molecule has 0 N–H and O–H groups in total. The van der Waals surface area contributed by atoms with Crippen molar-refractivity contribution in [2.24, 2.45) is 11.3 Å². The third-order valence-corrected chi connectivity index (χ3v) is 4.61.